The molecule has 7 aromatic carbocycles. The number of para-hydroxylation sites is 4. The van der Waals surface area contributed by atoms with Crippen molar-refractivity contribution in [2.75, 3.05) is 0 Å². The van der Waals surface area contributed by atoms with E-state index in [4.69, 9.17) is 0 Å². The maximum absolute atomic E-state index is 2.51. The van der Waals surface area contributed by atoms with Crippen LogP contribution in [-0.4, -0.2) is 9.13 Å². The van der Waals surface area contributed by atoms with Gasteiger partial charge in [0.25, 0.3) is 0 Å². The van der Waals surface area contributed by atoms with Gasteiger partial charge in [-0.1, -0.05) is 152 Å². The van der Waals surface area contributed by atoms with E-state index in [-0.39, 0.29) is 0 Å². The molecule has 9 aromatic rings. The molecule has 0 bridgehead atoms. The smallest absolute Gasteiger partial charge is 0.0619 e. The van der Waals surface area contributed by atoms with Crippen molar-refractivity contribution in [3.05, 3.63) is 188 Å². The van der Waals surface area contributed by atoms with Crippen molar-refractivity contribution < 1.29 is 0 Å². The van der Waals surface area contributed by atoms with Gasteiger partial charge in [0.2, 0.25) is 0 Å². The lowest BCUT2D eigenvalue weighted by molar-refractivity contribution is 0.992. The summed E-state index contributed by atoms with van der Waals surface area (Å²) >= 11 is 0. The summed E-state index contributed by atoms with van der Waals surface area (Å²) in [6.45, 7) is 0. The first-order chi connectivity index (χ1) is 24.8. The van der Waals surface area contributed by atoms with Crippen molar-refractivity contribution in [2.45, 2.75) is 12.8 Å². The lowest BCUT2D eigenvalue weighted by atomic mass is 9.95. The number of nitrogens with zero attached hydrogens (tertiary/aromatic N) is 2. The van der Waals surface area contributed by atoms with Crippen LogP contribution in [0, 0.1) is 0 Å². The van der Waals surface area contributed by atoms with Gasteiger partial charge in [0, 0.05) is 44.1 Å². The highest BCUT2D eigenvalue weighted by atomic mass is 15.0. The maximum Gasteiger partial charge on any atom is 0.0619 e. The van der Waals surface area contributed by atoms with E-state index < -0.39 is 0 Å². The summed E-state index contributed by atoms with van der Waals surface area (Å²) in [5.41, 5.74) is 15.2. The monoisotopic (exact) mass is 638 g/mol. The van der Waals surface area contributed by atoms with Gasteiger partial charge in [0.1, 0.15) is 0 Å². The van der Waals surface area contributed by atoms with Gasteiger partial charge < -0.3 is 9.13 Å². The average molecular weight is 639 g/mol. The minimum atomic E-state index is 0.970. The summed E-state index contributed by atoms with van der Waals surface area (Å²) in [5.74, 6) is 0. The van der Waals surface area contributed by atoms with Crippen molar-refractivity contribution in [1.82, 2.24) is 9.13 Å². The van der Waals surface area contributed by atoms with Gasteiger partial charge in [-0.05, 0) is 65.4 Å². The Bertz CT molecular complexity index is 2770. The molecule has 0 N–H and O–H groups in total. The summed E-state index contributed by atoms with van der Waals surface area (Å²) in [7, 11) is 0. The minimum Gasteiger partial charge on any atom is -0.312 e. The second kappa shape index (κ2) is 11.6. The molecule has 0 spiro atoms. The van der Waals surface area contributed by atoms with Gasteiger partial charge in [-0.2, -0.15) is 0 Å². The lowest BCUT2D eigenvalue weighted by Gasteiger charge is -2.19. The summed E-state index contributed by atoms with van der Waals surface area (Å²) in [6.07, 6.45) is 6.64. The van der Waals surface area contributed by atoms with Crippen molar-refractivity contribution in [1.29, 1.82) is 0 Å². The van der Waals surface area contributed by atoms with Crippen LogP contribution >= 0.6 is 0 Å². The van der Waals surface area contributed by atoms with Crippen LogP contribution in [0.3, 0.4) is 0 Å². The molecule has 2 nitrogen and oxygen atoms in total. The second-order valence-electron chi connectivity index (χ2n) is 13.2. The fourth-order valence-electron chi connectivity index (χ4n) is 8.18. The summed E-state index contributed by atoms with van der Waals surface area (Å²) in [6, 6.07) is 61.8. The quantitative estimate of drug-likeness (QED) is 0.178. The van der Waals surface area contributed by atoms with Gasteiger partial charge in [0.05, 0.1) is 22.1 Å². The largest absolute Gasteiger partial charge is 0.312 e. The van der Waals surface area contributed by atoms with Crippen LogP contribution in [-0.2, 0) is 0 Å². The Morgan fingerprint density at radius 2 is 0.840 bits per heavy atom. The Labute approximate surface area is 291 Å². The Kier molecular flexibility index (Phi) is 6.67. The number of hydrogen-bond donors (Lipinski definition) is 0. The van der Waals surface area contributed by atoms with Gasteiger partial charge in [0.15, 0.2) is 0 Å². The van der Waals surface area contributed by atoms with Crippen molar-refractivity contribution in [3.8, 4) is 27.9 Å². The molecule has 0 unspecified atom stereocenters. The summed E-state index contributed by atoms with van der Waals surface area (Å²) in [4.78, 5) is 0. The van der Waals surface area contributed by atoms with Gasteiger partial charge in [-0.15, -0.1) is 0 Å². The van der Waals surface area contributed by atoms with Crippen LogP contribution in [0.25, 0.3) is 82.8 Å². The first-order valence-corrected chi connectivity index (χ1v) is 17.5. The fraction of sp³-hybridized carbons (Fsp3) is 0.0417. The predicted octanol–water partition coefficient (Wildman–Crippen LogP) is 12.9. The fourth-order valence-corrected chi connectivity index (χ4v) is 8.18. The Morgan fingerprint density at radius 1 is 0.340 bits per heavy atom. The maximum atomic E-state index is 2.51. The molecule has 0 saturated heterocycles. The van der Waals surface area contributed by atoms with Gasteiger partial charge >= 0.3 is 0 Å². The molecular weight excluding hydrogens is 605 g/mol. The third-order valence-corrected chi connectivity index (χ3v) is 10.5. The average Bonchev–Trinajstić information content (AvgIpc) is 3.72. The molecule has 2 aromatic heterocycles. The van der Waals surface area contributed by atoms with Crippen LogP contribution in [0.4, 0.5) is 0 Å². The zero-order valence-corrected chi connectivity index (χ0v) is 27.6. The van der Waals surface area contributed by atoms with Gasteiger partial charge in [-0.25, -0.2) is 0 Å². The molecule has 0 atom stereocenters. The molecule has 0 fully saturated rings. The minimum absolute atomic E-state index is 0.970. The highest BCUT2D eigenvalue weighted by molar-refractivity contribution is 6.15. The zero-order chi connectivity index (χ0) is 33.0. The Morgan fingerprint density at radius 3 is 1.40 bits per heavy atom. The van der Waals surface area contributed by atoms with E-state index in [1.165, 1.54) is 88.4 Å². The number of allylic oxidation sites excluding steroid dienone is 4. The highest BCUT2D eigenvalue weighted by Crippen LogP contribution is 2.41. The van der Waals surface area contributed by atoms with Crippen LogP contribution in [0.1, 0.15) is 18.4 Å². The lowest BCUT2D eigenvalue weighted by Crippen LogP contribution is -2.02. The van der Waals surface area contributed by atoms with E-state index in [2.05, 4.69) is 191 Å². The van der Waals surface area contributed by atoms with Gasteiger partial charge in [-0.3, -0.25) is 0 Å². The van der Waals surface area contributed by atoms with Crippen molar-refractivity contribution >= 4 is 54.9 Å². The third kappa shape index (κ3) is 4.49. The molecule has 0 aliphatic heterocycles. The van der Waals surface area contributed by atoms with E-state index in [1.54, 1.807) is 0 Å². The molecular formula is C48H34N2. The first-order valence-electron chi connectivity index (χ1n) is 17.5. The number of rotatable bonds is 5. The number of hydrogen-bond acceptors (Lipinski definition) is 0. The molecule has 2 heteroatoms. The zero-order valence-electron chi connectivity index (χ0n) is 27.6. The summed E-state index contributed by atoms with van der Waals surface area (Å²) < 4.78 is 4.95. The topological polar surface area (TPSA) is 9.86 Å². The predicted molar refractivity (Wildman–Crippen MR) is 213 cm³/mol. The molecule has 236 valence electrons. The molecule has 1 aliphatic rings. The number of aromatic nitrogens is 2. The van der Waals surface area contributed by atoms with E-state index in [0.717, 1.165) is 12.8 Å². The molecule has 1 aliphatic carbocycles. The molecule has 10 rings (SSSR count). The molecule has 50 heavy (non-hydrogen) atoms. The van der Waals surface area contributed by atoms with E-state index >= 15 is 0 Å². The molecule has 0 amide bonds. The molecule has 0 radical (unpaired) electrons. The summed E-state index contributed by atoms with van der Waals surface area (Å²) in [5, 5.41) is 5.15. The van der Waals surface area contributed by atoms with Crippen molar-refractivity contribution in [2.24, 2.45) is 0 Å². The van der Waals surface area contributed by atoms with Crippen LogP contribution in [0.15, 0.2) is 182 Å². The number of fused-ring (bicyclic) bond motifs is 6. The third-order valence-electron chi connectivity index (χ3n) is 10.5. The van der Waals surface area contributed by atoms with Crippen LogP contribution in [0.5, 0.6) is 0 Å². The standard InChI is InChI=1S/C48H34N2/c1-3-13-35(14-4-1)39-19-11-21-43-41-17-7-9-23-45(41)49(47(39)43)37-29-25-33(26-30-37)34-27-31-38(32-28-34)50-46-24-10-8-18-42(46)44-22-12-20-40(48(44)50)36-15-5-2-6-16-36/h1-27,29-31H,28,32H2. The molecule has 2 heterocycles. The van der Waals surface area contributed by atoms with Crippen molar-refractivity contribution in [3.63, 3.8) is 0 Å². The Balaban J connectivity index is 1.07. The Hall–Kier alpha value is -6.38. The van der Waals surface area contributed by atoms with E-state index in [9.17, 15) is 0 Å². The van der Waals surface area contributed by atoms with Crippen LogP contribution in [0.2, 0.25) is 0 Å². The highest BCUT2D eigenvalue weighted by Gasteiger charge is 2.20. The second-order valence-corrected chi connectivity index (χ2v) is 13.2. The van der Waals surface area contributed by atoms with E-state index in [0.29, 0.717) is 0 Å². The first kappa shape index (κ1) is 28.6. The SMILES string of the molecule is C1=C(c2ccc(-n3c4ccccc4c4cccc(-c5ccccc5)c43)cc2)CCC(n2c3ccccc3c3cccc(-c4ccccc4)c32)=C1. The normalized spacial score (nSPS) is 13.3. The molecule has 0 saturated carbocycles. The van der Waals surface area contributed by atoms with E-state index in [1.807, 2.05) is 0 Å². The van der Waals surface area contributed by atoms with Crippen LogP contribution < -0.4 is 0 Å². The number of benzene rings is 7.